The molecular weight excluding hydrogens is 178 g/mol. The smallest absolute Gasteiger partial charge is 0.237 e. The Labute approximate surface area is 84.9 Å². The predicted octanol–water partition coefficient (Wildman–Crippen LogP) is 0.501. The van der Waals surface area contributed by atoms with Crippen molar-refractivity contribution in [3.8, 4) is 6.07 Å². The number of hydrogen-bond donors (Lipinski definition) is 1. The molecule has 1 N–H and O–H groups in total. The van der Waals surface area contributed by atoms with Crippen molar-refractivity contribution in [3.05, 3.63) is 0 Å². The van der Waals surface area contributed by atoms with Gasteiger partial charge in [-0.2, -0.15) is 5.26 Å². The normalized spacial score (nSPS) is 20.9. The van der Waals surface area contributed by atoms with Gasteiger partial charge < -0.3 is 10.2 Å². The molecule has 4 nitrogen and oxygen atoms in total. The van der Waals surface area contributed by atoms with Gasteiger partial charge in [0.15, 0.2) is 0 Å². The summed E-state index contributed by atoms with van der Waals surface area (Å²) in [7, 11) is 0. The molecule has 1 fully saturated rings. The number of likely N-dealkylation sites (tertiary alicyclic amines) is 1. The Balaban J connectivity index is 2.33. The van der Waals surface area contributed by atoms with E-state index >= 15 is 0 Å². The lowest BCUT2D eigenvalue weighted by Crippen LogP contribution is -2.40. The SMILES string of the molecule is CCCNCC(=O)N1CCCC1C#N. The Morgan fingerprint density at radius 3 is 3.14 bits per heavy atom. The van der Waals surface area contributed by atoms with E-state index in [1.807, 2.05) is 0 Å². The Bertz CT molecular complexity index is 234. The van der Waals surface area contributed by atoms with Crippen molar-refractivity contribution >= 4 is 5.91 Å². The summed E-state index contributed by atoms with van der Waals surface area (Å²) in [5.41, 5.74) is 0. The molecule has 0 aromatic carbocycles. The second-order valence-corrected chi connectivity index (χ2v) is 3.55. The zero-order chi connectivity index (χ0) is 10.4. The Morgan fingerprint density at radius 1 is 1.71 bits per heavy atom. The Kier molecular flexibility index (Phi) is 4.41. The van der Waals surface area contributed by atoms with Gasteiger partial charge >= 0.3 is 0 Å². The van der Waals surface area contributed by atoms with Crippen molar-refractivity contribution in [2.75, 3.05) is 19.6 Å². The highest BCUT2D eigenvalue weighted by molar-refractivity contribution is 5.79. The molecule has 1 saturated heterocycles. The summed E-state index contributed by atoms with van der Waals surface area (Å²) in [4.78, 5) is 13.3. The summed E-state index contributed by atoms with van der Waals surface area (Å²) in [5, 5.41) is 11.8. The lowest BCUT2D eigenvalue weighted by Gasteiger charge is -2.19. The van der Waals surface area contributed by atoms with E-state index < -0.39 is 0 Å². The highest BCUT2D eigenvalue weighted by atomic mass is 16.2. The third kappa shape index (κ3) is 2.71. The fourth-order valence-electron chi connectivity index (χ4n) is 1.67. The maximum atomic E-state index is 11.6. The van der Waals surface area contributed by atoms with E-state index in [1.165, 1.54) is 0 Å². The molecule has 1 unspecified atom stereocenters. The van der Waals surface area contributed by atoms with Gasteiger partial charge in [0, 0.05) is 6.54 Å². The average molecular weight is 195 g/mol. The minimum Gasteiger partial charge on any atom is -0.326 e. The maximum absolute atomic E-state index is 11.6. The standard InChI is InChI=1S/C10H17N3O/c1-2-5-12-8-10(14)13-6-3-4-9(13)7-11/h9,12H,2-6,8H2,1H3. The first-order valence-electron chi connectivity index (χ1n) is 5.19. The molecule has 0 saturated carbocycles. The highest BCUT2D eigenvalue weighted by Crippen LogP contribution is 2.15. The van der Waals surface area contributed by atoms with Crippen LogP contribution in [-0.2, 0) is 4.79 Å². The van der Waals surface area contributed by atoms with E-state index in [9.17, 15) is 4.79 Å². The molecule has 0 spiro atoms. The van der Waals surface area contributed by atoms with Crippen LogP contribution < -0.4 is 5.32 Å². The summed E-state index contributed by atoms with van der Waals surface area (Å²) in [5.74, 6) is 0.0579. The van der Waals surface area contributed by atoms with Gasteiger partial charge in [0.1, 0.15) is 6.04 Å². The van der Waals surface area contributed by atoms with Crippen LogP contribution in [0.3, 0.4) is 0 Å². The van der Waals surface area contributed by atoms with Crippen molar-refractivity contribution in [2.45, 2.75) is 32.2 Å². The molecule has 0 aromatic rings. The van der Waals surface area contributed by atoms with Crippen LogP contribution in [0.5, 0.6) is 0 Å². The van der Waals surface area contributed by atoms with E-state index in [1.54, 1.807) is 4.90 Å². The van der Waals surface area contributed by atoms with Crippen LogP contribution in [0.15, 0.2) is 0 Å². The van der Waals surface area contributed by atoms with Crippen LogP contribution in [0.2, 0.25) is 0 Å². The van der Waals surface area contributed by atoms with Gasteiger partial charge in [0.2, 0.25) is 5.91 Å². The molecule has 78 valence electrons. The maximum Gasteiger partial charge on any atom is 0.237 e. The van der Waals surface area contributed by atoms with E-state index in [0.717, 1.165) is 32.4 Å². The number of carbonyl (C=O) groups is 1. The average Bonchev–Trinajstić information content (AvgIpc) is 2.65. The van der Waals surface area contributed by atoms with Gasteiger partial charge in [0.05, 0.1) is 12.6 Å². The van der Waals surface area contributed by atoms with Crippen LogP contribution in [-0.4, -0.2) is 36.5 Å². The van der Waals surface area contributed by atoms with Crippen molar-refractivity contribution < 1.29 is 4.79 Å². The molecule has 0 aliphatic carbocycles. The summed E-state index contributed by atoms with van der Waals surface area (Å²) >= 11 is 0. The molecule has 0 radical (unpaired) electrons. The van der Waals surface area contributed by atoms with Crippen LogP contribution in [0.4, 0.5) is 0 Å². The minimum absolute atomic E-state index is 0.0579. The molecule has 0 aromatic heterocycles. The zero-order valence-corrected chi connectivity index (χ0v) is 8.62. The van der Waals surface area contributed by atoms with Crippen molar-refractivity contribution in [2.24, 2.45) is 0 Å². The van der Waals surface area contributed by atoms with Gasteiger partial charge in [0.25, 0.3) is 0 Å². The van der Waals surface area contributed by atoms with Crippen LogP contribution in [0, 0.1) is 11.3 Å². The second kappa shape index (κ2) is 5.61. The number of carbonyl (C=O) groups excluding carboxylic acids is 1. The number of amides is 1. The molecule has 1 rings (SSSR count). The largest absolute Gasteiger partial charge is 0.326 e. The zero-order valence-electron chi connectivity index (χ0n) is 8.62. The van der Waals surface area contributed by atoms with Gasteiger partial charge in [-0.15, -0.1) is 0 Å². The van der Waals surface area contributed by atoms with Crippen LogP contribution in [0.25, 0.3) is 0 Å². The molecule has 1 heterocycles. The highest BCUT2D eigenvalue weighted by Gasteiger charge is 2.27. The van der Waals surface area contributed by atoms with Gasteiger partial charge in [-0.05, 0) is 25.8 Å². The summed E-state index contributed by atoms with van der Waals surface area (Å²) in [6.07, 6.45) is 2.81. The summed E-state index contributed by atoms with van der Waals surface area (Å²) in [6.45, 7) is 4.03. The van der Waals surface area contributed by atoms with Crippen molar-refractivity contribution in [1.82, 2.24) is 10.2 Å². The van der Waals surface area contributed by atoms with E-state index in [0.29, 0.717) is 6.54 Å². The molecule has 14 heavy (non-hydrogen) atoms. The molecule has 1 amide bonds. The predicted molar refractivity (Wildman–Crippen MR) is 53.5 cm³/mol. The number of nitrogens with zero attached hydrogens (tertiary/aromatic N) is 2. The topological polar surface area (TPSA) is 56.1 Å². The molecule has 1 aliphatic rings. The number of rotatable bonds is 4. The monoisotopic (exact) mass is 195 g/mol. The first-order valence-corrected chi connectivity index (χ1v) is 5.19. The molecule has 1 atom stereocenters. The van der Waals surface area contributed by atoms with Gasteiger partial charge in [-0.3, -0.25) is 4.79 Å². The first kappa shape index (κ1) is 11.0. The molecule has 0 bridgehead atoms. The van der Waals surface area contributed by atoms with E-state index in [-0.39, 0.29) is 11.9 Å². The van der Waals surface area contributed by atoms with Crippen molar-refractivity contribution in [3.63, 3.8) is 0 Å². The quantitative estimate of drug-likeness (QED) is 0.665. The van der Waals surface area contributed by atoms with E-state index in [4.69, 9.17) is 5.26 Å². The number of nitrogens with one attached hydrogen (secondary N) is 1. The van der Waals surface area contributed by atoms with E-state index in [2.05, 4.69) is 18.3 Å². The third-order valence-electron chi connectivity index (χ3n) is 2.43. The molecule has 1 aliphatic heterocycles. The first-order chi connectivity index (χ1) is 6.79. The van der Waals surface area contributed by atoms with Crippen LogP contribution in [0.1, 0.15) is 26.2 Å². The fourth-order valence-corrected chi connectivity index (χ4v) is 1.67. The Hall–Kier alpha value is -1.08. The second-order valence-electron chi connectivity index (χ2n) is 3.55. The summed E-state index contributed by atoms with van der Waals surface area (Å²) < 4.78 is 0. The molecule has 4 heteroatoms. The lowest BCUT2D eigenvalue weighted by atomic mass is 10.2. The summed E-state index contributed by atoms with van der Waals surface area (Å²) in [6, 6.07) is 1.97. The third-order valence-corrected chi connectivity index (χ3v) is 2.43. The van der Waals surface area contributed by atoms with Crippen molar-refractivity contribution in [1.29, 1.82) is 5.26 Å². The molecular formula is C10H17N3O. The van der Waals surface area contributed by atoms with Gasteiger partial charge in [-0.25, -0.2) is 0 Å². The number of nitriles is 1. The van der Waals surface area contributed by atoms with Crippen LogP contribution >= 0.6 is 0 Å². The minimum atomic E-state index is -0.189. The lowest BCUT2D eigenvalue weighted by molar-refractivity contribution is -0.130. The van der Waals surface area contributed by atoms with Gasteiger partial charge in [-0.1, -0.05) is 6.92 Å². The Morgan fingerprint density at radius 2 is 2.50 bits per heavy atom. The number of hydrogen-bond acceptors (Lipinski definition) is 3. The fraction of sp³-hybridized carbons (Fsp3) is 0.800.